The first-order valence-electron chi connectivity index (χ1n) is 8.54. The topological polar surface area (TPSA) is 94.9 Å². The maximum Gasteiger partial charge on any atom is 0.263 e. The maximum absolute atomic E-state index is 12.5. The molecule has 1 heterocycles. The SMILES string of the molecule is CCCC(C)(CC)CNc1ccc(S(=O)(=O)Nc2nccs2)cc1C#N. The maximum atomic E-state index is 12.5. The molecule has 2 aromatic rings. The Balaban J connectivity index is 2.21. The number of anilines is 2. The van der Waals surface area contributed by atoms with Gasteiger partial charge in [0.25, 0.3) is 10.0 Å². The molecule has 0 saturated heterocycles. The van der Waals surface area contributed by atoms with Crippen LogP contribution in [0.1, 0.15) is 45.6 Å². The first-order valence-corrected chi connectivity index (χ1v) is 10.9. The minimum atomic E-state index is -3.77. The van der Waals surface area contributed by atoms with Gasteiger partial charge in [0.15, 0.2) is 5.13 Å². The van der Waals surface area contributed by atoms with Crippen LogP contribution in [0.15, 0.2) is 34.7 Å². The fourth-order valence-electron chi connectivity index (χ4n) is 2.69. The molecule has 26 heavy (non-hydrogen) atoms. The molecule has 1 aromatic carbocycles. The van der Waals surface area contributed by atoms with Gasteiger partial charge >= 0.3 is 0 Å². The molecule has 0 radical (unpaired) electrons. The highest BCUT2D eigenvalue weighted by Crippen LogP contribution is 2.29. The lowest BCUT2D eigenvalue weighted by atomic mass is 9.83. The Morgan fingerprint density at radius 2 is 2.12 bits per heavy atom. The number of thiazole rings is 1. The fourth-order valence-corrected chi connectivity index (χ4v) is 4.50. The van der Waals surface area contributed by atoms with Gasteiger partial charge in [-0.25, -0.2) is 13.4 Å². The lowest BCUT2D eigenvalue weighted by molar-refractivity contribution is 0.303. The second kappa shape index (κ2) is 8.52. The fraction of sp³-hybridized carbons (Fsp3) is 0.444. The van der Waals surface area contributed by atoms with E-state index in [2.05, 4.69) is 41.9 Å². The molecule has 0 amide bonds. The van der Waals surface area contributed by atoms with Crippen molar-refractivity contribution in [2.45, 2.75) is 44.9 Å². The van der Waals surface area contributed by atoms with Crippen molar-refractivity contribution in [1.82, 2.24) is 4.98 Å². The molecule has 0 aliphatic rings. The van der Waals surface area contributed by atoms with Gasteiger partial charge in [-0.05, 0) is 36.5 Å². The van der Waals surface area contributed by atoms with Gasteiger partial charge in [-0.1, -0.05) is 27.2 Å². The van der Waals surface area contributed by atoms with Crippen molar-refractivity contribution in [1.29, 1.82) is 5.26 Å². The number of benzene rings is 1. The van der Waals surface area contributed by atoms with Gasteiger partial charge in [-0.3, -0.25) is 4.72 Å². The van der Waals surface area contributed by atoms with E-state index in [9.17, 15) is 13.7 Å². The zero-order valence-corrected chi connectivity index (χ0v) is 16.9. The number of nitrogens with zero attached hydrogens (tertiary/aromatic N) is 2. The highest BCUT2D eigenvalue weighted by atomic mass is 32.2. The predicted octanol–water partition coefficient (Wildman–Crippen LogP) is 4.44. The number of aromatic nitrogens is 1. The first-order chi connectivity index (χ1) is 12.3. The van der Waals surface area contributed by atoms with E-state index in [-0.39, 0.29) is 10.3 Å². The highest BCUT2D eigenvalue weighted by molar-refractivity contribution is 7.93. The second-order valence-electron chi connectivity index (χ2n) is 6.53. The van der Waals surface area contributed by atoms with E-state index in [1.165, 1.54) is 29.7 Å². The Labute approximate surface area is 159 Å². The zero-order valence-electron chi connectivity index (χ0n) is 15.2. The summed E-state index contributed by atoms with van der Waals surface area (Å²) in [4.78, 5) is 3.96. The molecule has 140 valence electrons. The number of sulfonamides is 1. The number of hydrogen-bond acceptors (Lipinski definition) is 6. The highest BCUT2D eigenvalue weighted by Gasteiger charge is 2.22. The summed E-state index contributed by atoms with van der Waals surface area (Å²) in [7, 11) is -3.77. The number of hydrogen-bond donors (Lipinski definition) is 2. The van der Waals surface area contributed by atoms with Crippen LogP contribution in [0.25, 0.3) is 0 Å². The van der Waals surface area contributed by atoms with E-state index in [1.807, 2.05) is 0 Å². The Morgan fingerprint density at radius 3 is 2.69 bits per heavy atom. The summed E-state index contributed by atoms with van der Waals surface area (Å²) in [6.07, 6.45) is 4.73. The van der Waals surface area contributed by atoms with Gasteiger partial charge in [0.2, 0.25) is 0 Å². The van der Waals surface area contributed by atoms with Crippen molar-refractivity contribution in [2.24, 2.45) is 5.41 Å². The van der Waals surface area contributed by atoms with Crippen molar-refractivity contribution < 1.29 is 8.42 Å². The lowest BCUT2D eigenvalue weighted by Crippen LogP contribution is -2.26. The molecule has 0 fully saturated rings. The van der Waals surface area contributed by atoms with Crippen molar-refractivity contribution >= 4 is 32.2 Å². The zero-order chi connectivity index (χ0) is 19.2. The minimum Gasteiger partial charge on any atom is -0.383 e. The molecule has 0 aliphatic heterocycles. The third-order valence-corrected chi connectivity index (χ3v) is 6.64. The van der Waals surface area contributed by atoms with Crippen LogP contribution in [0.4, 0.5) is 10.8 Å². The molecule has 2 rings (SSSR count). The number of nitrogens with one attached hydrogen (secondary N) is 2. The Morgan fingerprint density at radius 1 is 1.35 bits per heavy atom. The molecule has 1 atom stereocenters. The molecule has 1 aromatic heterocycles. The van der Waals surface area contributed by atoms with Crippen LogP contribution in [0, 0.1) is 16.7 Å². The van der Waals surface area contributed by atoms with Crippen LogP contribution >= 0.6 is 11.3 Å². The summed E-state index contributed by atoms with van der Waals surface area (Å²) in [5, 5.41) is 14.7. The van der Waals surface area contributed by atoms with E-state index < -0.39 is 10.0 Å². The van der Waals surface area contributed by atoms with Crippen LogP contribution in [-0.4, -0.2) is 19.9 Å². The summed E-state index contributed by atoms with van der Waals surface area (Å²) in [5.41, 5.74) is 1.09. The summed E-state index contributed by atoms with van der Waals surface area (Å²) in [5.74, 6) is 0. The van der Waals surface area contributed by atoms with Gasteiger partial charge in [0.1, 0.15) is 6.07 Å². The largest absolute Gasteiger partial charge is 0.383 e. The predicted molar refractivity (Wildman–Crippen MR) is 106 cm³/mol. The average Bonchev–Trinajstić information content (AvgIpc) is 3.12. The molecule has 0 spiro atoms. The summed E-state index contributed by atoms with van der Waals surface area (Å²) >= 11 is 1.20. The Kier molecular flexibility index (Phi) is 6.62. The van der Waals surface area contributed by atoms with Gasteiger partial charge < -0.3 is 5.32 Å². The molecule has 8 heteroatoms. The van der Waals surface area contributed by atoms with Gasteiger partial charge in [-0.15, -0.1) is 11.3 Å². The van der Waals surface area contributed by atoms with Crippen molar-refractivity contribution in [3.8, 4) is 6.07 Å². The molecule has 0 saturated carbocycles. The molecule has 1 unspecified atom stereocenters. The summed E-state index contributed by atoms with van der Waals surface area (Å²) in [6, 6.07) is 6.63. The van der Waals surface area contributed by atoms with Crippen LogP contribution in [-0.2, 0) is 10.0 Å². The van der Waals surface area contributed by atoms with Gasteiger partial charge in [0.05, 0.1) is 16.1 Å². The van der Waals surface area contributed by atoms with E-state index in [0.717, 1.165) is 25.8 Å². The molecule has 0 aliphatic carbocycles. The molecule has 2 N–H and O–H groups in total. The van der Waals surface area contributed by atoms with Crippen molar-refractivity contribution in [2.75, 3.05) is 16.6 Å². The van der Waals surface area contributed by atoms with Crippen LogP contribution < -0.4 is 10.0 Å². The molecular weight excluding hydrogens is 368 g/mol. The number of nitriles is 1. The summed E-state index contributed by atoms with van der Waals surface area (Å²) < 4.78 is 27.3. The molecule has 6 nitrogen and oxygen atoms in total. The molecular formula is C18H24N4O2S2. The van der Waals surface area contributed by atoms with E-state index in [1.54, 1.807) is 11.4 Å². The van der Waals surface area contributed by atoms with Crippen LogP contribution in [0.3, 0.4) is 0 Å². The van der Waals surface area contributed by atoms with Crippen molar-refractivity contribution in [3.05, 3.63) is 35.3 Å². The van der Waals surface area contributed by atoms with E-state index in [0.29, 0.717) is 16.4 Å². The van der Waals surface area contributed by atoms with Crippen LogP contribution in [0.2, 0.25) is 0 Å². The van der Waals surface area contributed by atoms with E-state index >= 15 is 0 Å². The average molecular weight is 393 g/mol. The minimum absolute atomic E-state index is 0.0432. The lowest BCUT2D eigenvalue weighted by Gasteiger charge is -2.29. The Hall–Kier alpha value is -2.11. The third kappa shape index (κ3) is 4.96. The molecule has 0 bridgehead atoms. The Bertz CT molecular complexity index is 873. The van der Waals surface area contributed by atoms with Crippen molar-refractivity contribution in [3.63, 3.8) is 0 Å². The van der Waals surface area contributed by atoms with E-state index in [4.69, 9.17) is 0 Å². The number of rotatable bonds is 9. The van der Waals surface area contributed by atoms with Gasteiger partial charge in [0, 0.05) is 18.1 Å². The monoisotopic (exact) mass is 392 g/mol. The second-order valence-corrected chi connectivity index (χ2v) is 9.11. The standard InChI is InChI=1S/C18H24N4O2S2/c1-4-8-18(3,5-2)13-21-16-7-6-15(11-14(16)12-19)26(23,24)22-17-20-9-10-25-17/h6-7,9-11,21H,4-5,8,13H2,1-3H3,(H,20,22). The van der Waals surface area contributed by atoms with Crippen LogP contribution in [0.5, 0.6) is 0 Å². The normalized spacial score (nSPS) is 13.6. The smallest absolute Gasteiger partial charge is 0.263 e. The quantitative estimate of drug-likeness (QED) is 0.657. The summed E-state index contributed by atoms with van der Waals surface area (Å²) in [6.45, 7) is 7.26. The van der Waals surface area contributed by atoms with Gasteiger partial charge in [-0.2, -0.15) is 5.26 Å². The first kappa shape index (κ1) is 20.2. The third-order valence-electron chi connectivity index (χ3n) is 4.49.